The van der Waals surface area contributed by atoms with Gasteiger partial charge >= 0.3 is 0 Å². The van der Waals surface area contributed by atoms with E-state index in [1.54, 1.807) is 0 Å². The molecule has 124 valence electrons. The first-order chi connectivity index (χ1) is 11.2. The Morgan fingerprint density at radius 2 is 2.26 bits per heavy atom. The molecule has 4 N–H and O–H groups in total. The molecular formula is C17H25N5O. The minimum absolute atomic E-state index is 0.256. The number of nitrogens with two attached hydrogens (primary N) is 1. The first-order valence-corrected chi connectivity index (χ1v) is 8.59. The molecule has 3 heterocycles. The molecule has 23 heavy (non-hydrogen) atoms. The lowest BCUT2D eigenvalue weighted by atomic mass is 9.93. The molecule has 0 aromatic carbocycles. The maximum absolute atomic E-state index is 6.25. The monoisotopic (exact) mass is 315 g/mol. The first-order valence-electron chi connectivity index (χ1n) is 8.59. The molecule has 6 heteroatoms. The number of aromatic nitrogens is 2. The third-order valence-electron chi connectivity index (χ3n) is 4.97. The van der Waals surface area contributed by atoms with Crippen LogP contribution in [-0.4, -0.2) is 41.8 Å². The van der Waals surface area contributed by atoms with Crippen LogP contribution >= 0.6 is 0 Å². The summed E-state index contributed by atoms with van der Waals surface area (Å²) in [6, 6.07) is 0. The van der Waals surface area contributed by atoms with Crippen LogP contribution in [0.15, 0.2) is 12.2 Å². The normalized spacial score (nSPS) is 25.5. The van der Waals surface area contributed by atoms with Crippen LogP contribution in [0.3, 0.4) is 0 Å². The number of hydrogen-bond acceptors (Lipinski definition) is 6. The molecule has 1 aromatic rings. The van der Waals surface area contributed by atoms with E-state index in [1.165, 1.54) is 11.3 Å². The number of allylic oxidation sites excluding steroid dienone is 2. The average molecular weight is 315 g/mol. The summed E-state index contributed by atoms with van der Waals surface area (Å²) in [5.41, 5.74) is 8.40. The van der Waals surface area contributed by atoms with Crippen molar-refractivity contribution in [2.45, 2.75) is 43.7 Å². The highest BCUT2D eigenvalue weighted by Gasteiger charge is 2.34. The standard InChI is InChI=1S/C17H25N5O/c18-17(10-23-11-17)9-20-16-13-8-19-7-6-14(13)21-15(22-16)12-4-2-1-3-5-12/h1-2,12,19H,3-11,18H2,(H,20,21,22). The van der Waals surface area contributed by atoms with Crippen molar-refractivity contribution in [2.24, 2.45) is 5.73 Å². The predicted molar refractivity (Wildman–Crippen MR) is 89.4 cm³/mol. The Labute approximate surface area is 136 Å². The van der Waals surface area contributed by atoms with Gasteiger partial charge in [0.25, 0.3) is 0 Å². The molecule has 4 rings (SSSR count). The molecule has 1 aliphatic carbocycles. The smallest absolute Gasteiger partial charge is 0.134 e. The van der Waals surface area contributed by atoms with E-state index in [2.05, 4.69) is 22.8 Å². The zero-order chi connectivity index (χ0) is 15.7. The molecule has 0 spiro atoms. The summed E-state index contributed by atoms with van der Waals surface area (Å²) < 4.78 is 5.24. The Hall–Kier alpha value is -1.50. The Morgan fingerprint density at radius 1 is 1.35 bits per heavy atom. The summed E-state index contributed by atoms with van der Waals surface area (Å²) >= 11 is 0. The summed E-state index contributed by atoms with van der Waals surface area (Å²) in [6.07, 6.45) is 8.80. The number of rotatable bonds is 4. The Kier molecular flexibility index (Phi) is 4.05. The van der Waals surface area contributed by atoms with Crippen LogP contribution in [0.1, 0.15) is 42.3 Å². The molecule has 1 saturated heterocycles. The minimum Gasteiger partial charge on any atom is -0.377 e. The molecule has 6 nitrogen and oxygen atoms in total. The number of hydrogen-bond donors (Lipinski definition) is 3. The van der Waals surface area contributed by atoms with E-state index in [9.17, 15) is 0 Å². The quantitative estimate of drug-likeness (QED) is 0.721. The van der Waals surface area contributed by atoms with Gasteiger partial charge in [-0.25, -0.2) is 9.97 Å². The summed E-state index contributed by atoms with van der Waals surface area (Å²) in [4.78, 5) is 9.77. The topological polar surface area (TPSA) is 85.1 Å². The van der Waals surface area contributed by atoms with Gasteiger partial charge in [-0.1, -0.05) is 12.2 Å². The zero-order valence-corrected chi connectivity index (χ0v) is 13.5. The van der Waals surface area contributed by atoms with Gasteiger partial charge < -0.3 is 21.1 Å². The summed E-state index contributed by atoms with van der Waals surface area (Å²) in [7, 11) is 0. The van der Waals surface area contributed by atoms with Crippen LogP contribution in [0.5, 0.6) is 0 Å². The highest BCUT2D eigenvalue weighted by molar-refractivity contribution is 5.48. The highest BCUT2D eigenvalue weighted by atomic mass is 16.5. The van der Waals surface area contributed by atoms with Crippen molar-refractivity contribution in [3.05, 3.63) is 29.2 Å². The molecule has 1 fully saturated rings. The van der Waals surface area contributed by atoms with E-state index in [4.69, 9.17) is 20.4 Å². The highest BCUT2D eigenvalue weighted by Crippen LogP contribution is 2.30. The lowest BCUT2D eigenvalue weighted by Crippen LogP contribution is -2.61. The maximum Gasteiger partial charge on any atom is 0.134 e. The molecule has 1 atom stereocenters. The first kappa shape index (κ1) is 15.1. The molecule has 1 unspecified atom stereocenters. The van der Waals surface area contributed by atoms with E-state index in [1.807, 2.05) is 0 Å². The van der Waals surface area contributed by atoms with E-state index in [0.717, 1.165) is 50.4 Å². The van der Waals surface area contributed by atoms with Crippen LogP contribution in [0, 0.1) is 0 Å². The van der Waals surface area contributed by atoms with Crippen molar-refractivity contribution in [1.29, 1.82) is 0 Å². The third kappa shape index (κ3) is 3.11. The Balaban J connectivity index is 1.60. The summed E-state index contributed by atoms with van der Waals surface area (Å²) in [5, 5.41) is 6.90. The molecule has 0 radical (unpaired) electrons. The Bertz CT molecular complexity index is 611. The second kappa shape index (κ2) is 6.19. The van der Waals surface area contributed by atoms with Gasteiger partial charge in [-0.05, 0) is 19.3 Å². The second-order valence-electron chi connectivity index (χ2n) is 6.97. The SMILES string of the molecule is NC1(CNc2nc(C3CC=CCC3)nc3c2CNCC3)COC1. The van der Waals surface area contributed by atoms with Gasteiger partial charge in [0, 0.05) is 37.5 Å². The van der Waals surface area contributed by atoms with Crippen molar-refractivity contribution < 1.29 is 4.74 Å². The van der Waals surface area contributed by atoms with Crippen molar-refractivity contribution in [1.82, 2.24) is 15.3 Å². The lowest BCUT2D eigenvalue weighted by Gasteiger charge is -2.38. The van der Waals surface area contributed by atoms with Crippen LogP contribution in [-0.2, 0) is 17.7 Å². The van der Waals surface area contributed by atoms with Gasteiger partial charge in [-0.3, -0.25) is 0 Å². The number of anilines is 1. The van der Waals surface area contributed by atoms with Crippen LogP contribution in [0.25, 0.3) is 0 Å². The van der Waals surface area contributed by atoms with Gasteiger partial charge in [0.1, 0.15) is 11.6 Å². The third-order valence-corrected chi connectivity index (χ3v) is 4.97. The van der Waals surface area contributed by atoms with Crippen LogP contribution in [0.2, 0.25) is 0 Å². The lowest BCUT2D eigenvalue weighted by molar-refractivity contribution is -0.0462. The predicted octanol–water partition coefficient (Wildman–Crippen LogP) is 1.09. The van der Waals surface area contributed by atoms with E-state index < -0.39 is 0 Å². The van der Waals surface area contributed by atoms with Gasteiger partial charge in [0.2, 0.25) is 0 Å². The number of nitrogens with one attached hydrogen (secondary N) is 2. The second-order valence-corrected chi connectivity index (χ2v) is 6.97. The fraction of sp³-hybridized carbons (Fsp3) is 0.647. The molecule has 0 bridgehead atoms. The summed E-state index contributed by atoms with van der Waals surface area (Å²) in [5.74, 6) is 2.40. The molecule has 1 aromatic heterocycles. The van der Waals surface area contributed by atoms with E-state index >= 15 is 0 Å². The Morgan fingerprint density at radius 3 is 3.00 bits per heavy atom. The van der Waals surface area contributed by atoms with Gasteiger partial charge in [0.05, 0.1) is 24.4 Å². The summed E-state index contributed by atoms with van der Waals surface area (Å²) in [6.45, 7) is 3.75. The fourth-order valence-electron chi connectivity index (χ4n) is 3.45. The average Bonchev–Trinajstić information content (AvgIpc) is 2.58. The van der Waals surface area contributed by atoms with Crippen molar-refractivity contribution in [3.63, 3.8) is 0 Å². The maximum atomic E-state index is 6.25. The van der Waals surface area contributed by atoms with Crippen LogP contribution < -0.4 is 16.4 Å². The molecule has 2 aliphatic heterocycles. The van der Waals surface area contributed by atoms with Gasteiger partial charge in [-0.15, -0.1) is 0 Å². The van der Waals surface area contributed by atoms with E-state index in [0.29, 0.717) is 25.7 Å². The van der Waals surface area contributed by atoms with Crippen molar-refractivity contribution >= 4 is 5.82 Å². The minimum atomic E-state index is -0.256. The number of ether oxygens (including phenoxy) is 1. The van der Waals surface area contributed by atoms with Crippen molar-refractivity contribution in [3.8, 4) is 0 Å². The molecule has 0 amide bonds. The van der Waals surface area contributed by atoms with Gasteiger partial charge in [-0.2, -0.15) is 0 Å². The molecule has 0 saturated carbocycles. The largest absolute Gasteiger partial charge is 0.377 e. The molecular weight excluding hydrogens is 290 g/mol. The van der Waals surface area contributed by atoms with E-state index in [-0.39, 0.29) is 5.54 Å². The van der Waals surface area contributed by atoms with Crippen LogP contribution in [0.4, 0.5) is 5.82 Å². The number of nitrogens with zero attached hydrogens (tertiary/aromatic N) is 2. The molecule has 3 aliphatic rings. The van der Waals surface area contributed by atoms with Crippen molar-refractivity contribution in [2.75, 3.05) is 31.6 Å². The number of fused-ring (bicyclic) bond motifs is 1. The van der Waals surface area contributed by atoms with Gasteiger partial charge in [0.15, 0.2) is 0 Å². The zero-order valence-electron chi connectivity index (χ0n) is 13.5. The fourth-order valence-corrected chi connectivity index (χ4v) is 3.45.